The molecule has 2 aromatic rings. The third-order valence-electron chi connectivity index (χ3n) is 3.13. The van der Waals surface area contributed by atoms with E-state index in [0.29, 0.717) is 12.1 Å². The predicted molar refractivity (Wildman–Crippen MR) is 85.4 cm³/mol. The van der Waals surface area contributed by atoms with Crippen LogP contribution in [0.2, 0.25) is 0 Å². The molecule has 1 aromatic heterocycles. The van der Waals surface area contributed by atoms with Crippen molar-refractivity contribution in [1.29, 1.82) is 0 Å². The topological polar surface area (TPSA) is 41.1 Å². The molecule has 0 fully saturated rings. The molecule has 0 aliphatic carbocycles. The largest absolute Gasteiger partial charge is 0.382 e. The molecule has 2 N–H and O–H groups in total. The van der Waals surface area contributed by atoms with Crippen LogP contribution in [0, 0.1) is 5.82 Å². The number of hydrogen-bond donors (Lipinski definition) is 2. The van der Waals surface area contributed by atoms with Crippen molar-refractivity contribution in [3.8, 4) is 0 Å². The van der Waals surface area contributed by atoms with Crippen LogP contribution in [0.5, 0.6) is 0 Å². The van der Waals surface area contributed by atoms with Crippen molar-refractivity contribution in [2.24, 2.45) is 0 Å². The number of benzene rings is 1. The zero-order chi connectivity index (χ0) is 15.2. The van der Waals surface area contributed by atoms with Crippen LogP contribution in [0.4, 0.5) is 10.1 Å². The standard InChI is InChI=1S/C16H19FN2OS/c1-3-9-18-15-12(6-4-7-13(15)17)16(20)19-11(2)14-8-5-10-21-14/h4-8,10-11,18H,3,9H2,1-2H3,(H,19,20). The van der Waals surface area contributed by atoms with Crippen LogP contribution in [-0.4, -0.2) is 12.5 Å². The highest BCUT2D eigenvalue weighted by Crippen LogP contribution is 2.22. The van der Waals surface area contributed by atoms with Gasteiger partial charge in [-0.05, 0) is 36.9 Å². The van der Waals surface area contributed by atoms with Gasteiger partial charge in [0.25, 0.3) is 5.91 Å². The van der Waals surface area contributed by atoms with E-state index in [4.69, 9.17) is 0 Å². The molecule has 1 unspecified atom stereocenters. The number of carbonyl (C=O) groups is 1. The van der Waals surface area contributed by atoms with Crippen LogP contribution in [0.15, 0.2) is 35.7 Å². The number of halogens is 1. The van der Waals surface area contributed by atoms with Gasteiger partial charge in [-0.2, -0.15) is 0 Å². The molecule has 5 heteroatoms. The number of nitrogens with one attached hydrogen (secondary N) is 2. The zero-order valence-corrected chi connectivity index (χ0v) is 13.0. The van der Waals surface area contributed by atoms with Crippen molar-refractivity contribution in [3.63, 3.8) is 0 Å². The fourth-order valence-electron chi connectivity index (χ4n) is 2.03. The highest BCUT2D eigenvalue weighted by molar-refractivity contribution is 7.10. The first kappa shape index (κ1) is 15.5. The van der Waals surface area contributed by atoms with Gasteiger partial charge in [0.1, 0.15) is 5.82 Å². The Hall–Kier alpha value is -1.88. The van der Waals surface area contributed by atoms with Crippen LogP contribution in [0.25, 0.3) is 0 Å². The predicted octanol–water partition coefficient (Wildman–Crippen LogP) is 4.20. The Morgan fingerprint density at radius 1 is 1.33 bits per heavy atom. The number of para-hydroxylation sites is 1. The molecule has 0 saturated heterocycles. The first-order valence-corrected chi connectivity index (χ1v) is 7.88. The third-order valence-corrected chi connectivity index (χ3v) is 4.18. The molecule has 1 atom stereocenters. The van der Waals surface area contributed by atoms with Crippen LogP contribution >= 0.6 is 11.3 Å². The minimum Gasteiger partial charge on any atom is -0.382 e. The lowest BCUT2D eigenvalue weighted by molar-refractivity contribution is 0.0941. The third kappa shape index (κ3) is 3.82. The summed E-state index contributed by atoms with van der Waals surface area (Å²) < 4.78 is 13.9. The summed E-state index contributed by atoms with van der Waals surface area (Å²) in [6.07, 6.45) is 0.862. The van der Waals surface area contributed by atoms with Crippen molar-refractivity contribution in [3.05, 3.63) is 52.0 Å². The van der Waals surface area contributed by atoms with Crippen molar-refractivity contribution >= 4 is 22.9 Å². The van der Waals surface area contributed by atoms with Gasteiger partial charge in [-0.25, -0.2) is 4.39 Å². The molecule has 0 bridgehead atoms. The van der Waals surface area contributed by atoms with E-state index in [9.17, 15) is 9.18 Å². The van der Waals surface area contributed by atoms with Gasteiger partial charge in [0.2, 0.25) is 0 Å². The Morgan fingerprint density at radius 3 is 2.81 bits per heavy atom. The maximum absolute atomic E-state index is 13.9. The van der Waals surface area contributed by atoms with Crippen LogP contribution in [0.3, 0.4) is 0 Å². The van der Waals surface area contributed by atoms with E-state index < -0.39 is 5.82 Å². The van der Waals surface area contributed by atoms with Gasteiger partial charge in [-0.1, -0.05) is 19.1 Å². The molecule has 1 amide bonds. The molecule has 1 heterocycles. The van der Waals surface area contributed by atoms with E-state index in [1.165, 1.54) is 6.07 Å². The van der Waals surface area contributed by atoms with Gasteiger partial charge < -0.3 is 10.6 Å². The molecule has 112 valence electrons. The summed E-state index contributed by atoms with van der Waals surface area (Å²) in [5, 5.41) is 7.86. The Kier molecular flexibility index (Phi) is 5.33. The smallest absolute Gasteiger partial charge is 0.253 e. The summed E-state index contributed by atoms with van der Waals surface area (Å²) in [6, 6.07) is 8.36. The van der Waals surface area contributed by atoms with E-state index in [1.54, 1.807) is 23.5 Å². The Labute approximate surface area is 128 Å². The summed E-state index contributed by atoms with van der Waals surface area (Å²) >= 11 is 1.59. The van der Waals surface area contributed by atoms with Crippen LogP contribution < -0.4 is 10.6 Å². The van der Waals surface area contributed by atoms with E-state index >= 15 is 0 Å². The van der Waals surface area contributed by atoms with Crippen molar-refractivity contribution in [1.82, 2.24) is 5.32 Å². The van der Waals surface area contributed by atoms with Crippen molar-refractivity contribution in [2.45, 2.75) is 26.3 Å². The molecule has 0 saturated carbocycles. The van der Waals surface area contributed by atoms with Gasteiger partial charge >= 0.3 is 0 Å². The second-order valence-electron chi connectivity index (χ2n) is 4.80. The van der Waals surface area contributed by atoms with Gasteiger partial charge in [0.05, 0.1) is 17.3 Å². The first-order valence-electron chi connectivity index (χ1n) is 7.00. The monoisotopic (exact) mass is 306 g/mol. The van der Waals surface area contributed by atoms with Crippen LogP contribution in [-0.2, 0) is 0 Å². The van der Waals surface area contributed by atoms with Gasteiger partial charge in [0.15, 0.2) is 0 Å². The highest BCUT2D eigenvalue weighted by Gasteiger charge is 2.17. The normalized spacial score (nSPS) is 12.0. The molecule has 0 radical (unpaired) electrons. The average molecular weight is 306 g/mol. The fraction of sp³-hybridized carbons (Fsp3) is 0.312. The lowest BCUT2D eigenvalue weighted by Gasteiger charge is -2.16. The minimum absolute atomic E-state index is 0.0974. The SMILES string of the molecule is CCCNc1c(F)cccc1C(=O)NC(C)c1cccs1. The van der Waals surface area contributed by atoms with E-state index in [-0.39, 0.29) is 17.6 Å². The zero-order valence-electron chi connectivity index (χ0n) is 12.2. The van der Waals surface area contributed by atoms with Crippen molar-refractivity contribution < 1.29 is 9.18 Å². The maximum atomic E-state index is 13.9. The number of rotatable bonds is 6. The summed E-state index contributed by atoms with van der Waals surface area (Å²) in [4.78, 5) is 13.4. The minimum atomic E-state index is -0.403. The number of amides is 1. The Balaban J connectivity index is 2.17. The Morgan fingerprint density at radius 2 is 2.14 bits per heavy atom. The maximum Gasteiger partial charge on any atom is 0.253 e. The lowest BCUT2D eigenvalue weighted by Crippen LogP contribution is -2.27. The molecule has 0 spiro atoms. The quantitative estimate of drug-likeness (QED) is 0.840. The second-order valence-corrected chi connectivity index (χ2v) is 5.78. The van der Waals surface area contributed by atoms with Crippen LogP contribution in [0.1, 0.15) is 41.5 Å². The molecule has 1 aromatic carbocycles. The molecule has 0 aliphatic rings. The van der Waals surface area contributed by atoms with Gasteiger partial charge in [-0.3, -0.25) is 4.79 Å². The molecule has 0 aliphatic heterocycles. The number of hydrogen-bond acceptors (Lipinski definition) is 3. The van der Waals surface area contributed by atoms with E-state index in [1.807, 2.05) is 31.4 Å². The molecule has 21 heavy (non-hydrogen) atoms. The number of thiophene rings is 1. The summed E-state index contributed by atoms with van der Waals surface area (Å²) in [5.74, 6) is -0.672. The average Bonchev–Trinajstić information content (AvgIpc) is 3.00. The fourth-order valence-corrected chi connectivity index (χ4v) is 2.76. The second kappa shape index (κ2) is 7.22. The first-order chi connectivity index (χ1) is 10.1. The molecule has 2 rings (SSSR count). The summed E-state index contributed by atoms with van der Waals surface area (Å²) in [6.45, 7) is 4.54. The van der Waals surface area contributed by atoms with Crippen molar-refractivity contribution in [2.75, 3.05) is 11.9 Å². The van der Waals surface area contributed by atoms with E-state index in [0.717, 1.165) is 11.3 Å². The number of carbonyl (C=O) groups excluding carboxylic acids is 1. The molecular weight excluding hydrogens is 287 g/mol. The lowest BCUT2D eigenvalue weighted by atomic mass is 10.1. The summed E-state index contributed by atoms with van der Waals surface area (Å²) in [5.41, 5.74) is 0.613. The molecule has 3 nitrogen and oxygen atoms in total. The van der Waals surface area contributed by atoms with Gasteiger partial charge in [-0.15, -0.1) is 11.3 Å². The van der Waals surface area contributed by atoms with E-state index in [2.05, 4.69) is 10.6 Å². The Bertz CT molecular complexity index is 598. The highest BCUT2D eigenvalue weighted by atomic mass is 32.1. The number of anilines is 1. The molecular formula is C16H19FN2OS. The van der Waals surface area contributed by atoms with Gasteiger partial charge in [0, 0.05) is 11.4 Å². The summed E-state index contributed by atoms with van der Waals surface area (Å²) in [7, 11) is 0.